The quantitative estimate of drug-likeness (QED) is 0.799. The van der Waals surface area contributed by atoms with Crippen molar-refractivity contribution < 1.29 is 9.52 Å². The second-order valence-electron chi connectivity index (χ2n) is 5.19. The summed E-state index contributed by atoms with van der Waals surface area (Å²) in [5.74, 6) is 2.03. The molecule has 1 saturated carbocycles. The minimum absolute atomic E-state index is 0.125. The Morgan fingerprint density at radius 2 is 2.00 bits per heavy atom. The standard InChI is InChI=1S/C14H23NO2/c1-2-12-5-6-13(17-12)9-15-10-14(11-16)7-3-4-8-14/h5-6,15-16H,2-4,7-11H2,1H3. The van der Waals surface area contributed by atoms with Gasteiger partial charge in [-0.3, -0.25) is 0 Å². The van der Waals surface area contributed by atoms with Crippen molar-refractivity contribution in [2.45, 2.75) is 45.6 Å². The number of furan rings is 1. The van der Waals surface area contributed by atoms with Gasteiger partial charge in [0.15, 0.2) is 0 Å². The van der Waals surface area contributed by atoms with Crippen LogP contribution in [0.5, 0.6) is 0 Å². The Morgan fingerprint density at radius 3 is 2.59 bits per heavy atom. The van der Waals surface area contributed by atoms with Gasteiger partial charge in [-0.2, -0.15) is 0 Å². The molecule has 0 bridgehead atoms. The van der Waals surface area contributed by atoms with Crippen molar-refractivity contribution >= 4 is 0 Å². The van der Waals surface area contributed by atoms with E-state index in [9.17, 15) is 5.11 Å². The van der Waals surface area contributed by atoms with E-state index in [0.29, 0.717) is 6.61 Å². The zero-order valence-electron chi connectivity index (χ0n) is 10.7. The first-order chi connectivity index (χ1) is 8.28. The third-order valence-electron chi connectivity index (χ3n) is 3.86. The molecule has 0 amide bonds. The van der Waals surface area contributed by atoms with Gasteiger partial charge in [0.25, 0.3) is 0 Å². The van der Waals surface area contributed by atoms with E-state index in [1.54, 1.807) is 0 Å². The summed E-state index contributed by atoms with van der Waals surface area (Å²) in [4.78, 5) is 0. The van der Waals surface area contributed by atoms with Crippen LogP contribution in [0.25, 0.3) is 0 Å². The lowest BCUT2D eigenvalue weighted by Gasteiger charge is -2.26. The highest BCUT2D eigenvalue weighted by molar-refractivity contribution is 5.06. The van der Waals surface area contributed by atoms with Crippen LogP contribution >= 0.6 is 0 Å². The lowest BCUT2D eigenvalue weighted by atomic mass is 9.87. The molecular weight excluding hydrogens is 214 g/mol. The van der Waals surface area contributed by atoms with Crippen molar-refractivity contribution in [2.75, 3.05) is 13.2 Å². The molecule has 0 saturated heterocycles. The van der Waals surface area contributed by atoms with Crippen LogP contribution in [0.3, 0.4) is 0 Å². The van der Waals surface area contributed by atoms with E-state index in [2.05, 4.69) is 12.2 Å². The predicted octanol–water partition coefficient (Wildman–Crippen LogP) is 2.48. The Labute approximate surface area is 103 Å². The van der Waals surface area contributed by atoms with E-state index in [1.807, 2.05) is 12.1 Å². The molecule has 1 aliphatic carbocycles. The van der Waals surface area contributed by atoms with E-state index in [-0.39, 0.29) is 5.41 Å². The minimum atomic E-state index is 0.125. The zero-order valence-corrected chi connectivity index (χ0v) is 10.7. The maximum atomic E-state index is 9.49. The average Bonchev–Trinajstić information content (AvgIpc) is 2.98. The smallest absolute Gasteiger partial charge is 0.117 e. The largest absolute Gasteiger partial charge is 0.465 e. The first-order valence-electron chi connectivity index (χ1n) is 6.67. The molecule has 0 aromatic carbocycles. The monoisotopic (exact) mass is 237 g/mol. The lowest BCUT2D eigenvalue weighted by molar-refractivity contribution is 0.127. The van der Waals surface area contributed by atoms with Gasteiger partial charge in [-0.1, -0.05) is 19.8 Å². The van der Waals surface area contributed by atoms with E-state index in [0.717, 1.165) is 43.9 Å². The number of hydrogen-bond acceptors (Lipinski definition) is 3. The van der Waals surface area contributed by atoms with Gasteiger partial charge in [-0.05, 0) is 25.0 Å². The Balaban J connectivity index is 1.78. The fourth-order valence-corrected chi connectivity index (χ4v) is 2.67. The van der Waals surface area contributed by atoms with E-state index in [1.165, 1.54) is 12.8 Å². The summed E-state index contributed by atoms with van der Waals surface area (Å²) < 4.78 is 5.64. The van der Waals surface area contributed by atoms with Crippen molar-refractivity contribution in [3.63, 3.8) is 0 Å². The number of hydrogen-bond donors (Lipinski definition) is 2. The van der Waals surface area contributed by atoms with Crippen molar-refractivity contribution in [1.82, 2.24) is 5.32 Å². The van der Waals surface area contributed by atoms with Crippen LogP contribution in [0.15, 0.2) is 16.5 Å². The Bertz CT molecular complexity index is 340. The van der Waals surface area contributed by atoms with Crippen LogP contribution in [-0.2, 0) is 13.0 Å². The second-order valence-corrected chi connectivity index (χ2v) is 5.19. The van der Waals surface area contributed by atoms with Crippen LogP contribution in [0, 0.1) is 5.41 Å². The van der Waals surface area contributed by atoms with Gasteiger partial charge in [0.2, 0.25) is 0 Å². The van der Waals surface area contributed by atoms with Crippen molar-refractivity contribution in [2.24, 2.45) is 5.41 Å². The summed E-state index contributed by atoms with van der Waals surface area (Å²) >= 11 is 0. The lowest BCUT2D eigenvalue weighted by Crippen LogP contribution is -2.34. The van der Waals surface area contributed by atoms with Crippen molar-refractivity contribution in [3.05, 3.63) is 23.7 Å². The molecule has 3 heteroatoms. The van der Waals surface area contributed by atoms with Gasteiger partial charge in [0, 0.05) is 25.0 Å². The Morgan fingerprint density at radius 1 is 1.29 bits per heavy atom. The van der Waals surface area contributed by atoms with Gasteiger partial charge in [-0.15, -0.1) is 0 Å². The molecule has 1 aliphatic rings. The number of aryl methyl sites for hydroxylation is 1. The molecule has 1 fully saturated rings. The Kier molecular flexibility index (Phi) is 4.24. The van der Waals surface area contributed by atoms with Crippen LogP contribution in [0.2, 0.25) is 0 Å². The molecular formula is C14H23NO2. The van der Waals surface area contributed by atoms with E-state index >= 15 is 0 Å². The molecule has 0 aliphatic heterocycles. The summed E-state index contributed by atoms with van der Waals surface area (Å²) in [7, 11) is 0. The van der Waals surface area contributed by atoms with Crippen molar-refractivity contribution in [3.8, 4) is 0 Å². The minimum Gasteiger partial charge on any atom is -0.465 e. The molecule has 96 valence electrons. The maximum absolute atomic E-state index is 9.49. The molecule has 1 heterocycles. The molecule has 0 atom stereocenters. The highest BCUT2D eigenvalue weighted by atomic mass is 16.3. The van der Waals surface area contributed by atoms with Gasteiger partial charge >= 0.3 is 0 Å². The molecule has 2 rings (SSSR count). The molecule has 3 nitrogen and oxygen atoms in total. The number of rotatable bonds is 6. The maximum Gasteiger partial charge on any atom is 0.117 e. The molecule has 2 N–H and O–H groups in total. The first-order valence-corrected chi connectivity index (χ1v) is 6.67. The second kappa shape index (κ2) is 5.69. The summed E-state index contributed by atoms with van der Waals surface area (Å²) in [6, 6.07) is 4.07. The molecule has 0 radical (unpaired) electrons. The fourth-order valence-electron chi connectivity index (χ4n) is 2.67. The summed E-state index contributed by atoms with van der Waals surface area (Å²) in [5.41, 5.74) is 0.125. The van der Waals surface area contributed by atoms with Crippen LogP contribution in [0.1, 0.15) is 44.1 Å². The molecule has 17 heavy (non-hydrogen) atoms. The molecule has 0 spiro atoms. The van der Waals surface area contributed by atoms with Gasteiger partial charge in [-0.25, -0.2) is 0 Å². The first kappa shape index (κ1) is 12.7. The molecule has 1 aromatic heterocycles. The fraction of sp³-hybridized carbons (Fsp3) is 0.714. The summed E-state index contributed by atoms with van der Waals surface area (Å²) in [6.45, 7) is 4.06. The van der Waals surface area contributed by atoms with Crippen LogP contribution in [0.4, 0.5) is 0 Å². The Hall–Kier alpha value is -0.800. The summed E-state index contributed by atoms with van der Waals surface area (Å²) in [5, 5.41) is 12.9. The van der Waals surface area contributed by atoms with Gasteiger partial charge in [0.05, 0.1) is 6.54 Å². The summed E-state index contributed by atoms with van der Waals surface area (Å²) in [6.07, 6.45) is 5.75. The average molecular weight is 237 g/mol. The topological polar surface area (TPSA) is 45.4 Å². The number of aliphatic hydroxyl groups is 1. The predicted molar refractivity (Wildman–Crippen MR) is 67.8 cm³/mol. The van der Waals surface area contributed by atoms with E-state index in [4.69, 9.17) is 4.42 Å². The molecule has 0 unspecified atom stereocenters. The highest BCUT2D eigenvalue weighted by Gasteiger charge is 2.32. The number of aliphatic hydroxyl groups excluding tert-OH is 1. The SMILES string of the molecule is CCc1ccc(CNCC2(CO)CCCC2)o1. The van der Waals surface area contributed by atoms with E-state index < -0.39 is 0 Å². The van der Waals surface area contributed by atoms with Crippen LogP contribution in [-0.4, -0.2) is 18.3 Å². The normalized spacial score (nSPS) is 18.7. The van der Waals surface area contributed by atoms with Crippen molar-refractivity contribution in [1.29, 1.82) is 0 Å². The highest BCUT2D eigenvalue weighted by Crippen LogP contribution is 2.36. The van der Waals surface area contributed by atoms with Crippen LogP contribution < -0.4 is 5.32 Å². The third-order valence-corrected chi connectivity index (χ3v) is 3.86. The zero-order chi connectivity index (χ0) is 12.1. The third kappa shape index (κ3) is 3.11. The van der Waals surface area contributed by atoms with Gasteiger partial charge < -0.3 is 14.8 Å². The molecule has 1 aromatic rings. The number of nitrogens with one attached hydrogen (secondary N) is 1. The van der Waals surface area contributed by atoms with Gasteiger partial charge in [0.1, 0.15) is 11.5 Å².